The van der Waals surface area contributed by atoms with Crippen LogP contribution in [0.2, 0.25) is 0 Å². The van der Waals surface area contributed by atoms with E-state index in [4.69, 9.17) is 24.2 Å². The van der Waals surface area contributed by atoms with Gasteiger partial charge in [-0.05, 0) is 31.9 Å². The molecule has 1 fully saturated rings. The molecule has 1 atom stereocenters. The van der Waals surface area contributed by atoms with Gasteiger partial charge in [-0.2, -0.15) is 4.98 Å². The number of aromatic nitrogens is 5. The molecule has 0 aliphatic carbocycles. The van der Waals surface area contributed by atoms with Gasteiger partial charge in [-0.25, -0.2) is 9.97 Å². The molecule has 3 aromatic heterocycles. The molecule has 0 unspecified atom stereocenters. The molecular formula is C24H27N7O3. The number of hydrogen-bond donors (Lipinski definition) is 1. The van der Waals surface area contributed by atoms with Crippen LogP contribution in [0.1, 0.15) is 19.8 Å². The number of anilines is 3. The van der Waals surface area contributed by atoms with Gasteiger partial charge in [0.2, 0.25) is 11.7 Å². The van der Waals surface area contributed by atoms with Crippen LogP contribution >= 0.6 is 0 Å². The molecule has 0 spiro atoms. The first-order valence-corrected chi connectivity index (χ1v) is 11.1. The van der Waals surface area contributed by atoms with Gasteiger partial charge in [0, 0.05) is 30.9 Å². The smallest absolute Gasteiger partial charge is 0.228 e. The van der Waals surface area contributed by atoms with Crippen LogP contribution in [-0.4, -0.2) is 58.4 Å². The number of nitrogens with zero attached hydrogens (tertiary/aromatic N) is 6. The number of rotatable bonds is 7. The highest BCUT2D eigenvalue weighted by atomic mass is 16.5. The maximum atomic E-state index is 5.48. The average Bonchev–Trinajstić information content (AvgIpc) is 3.52. The van der Waals surface area contributed by atoms with E-state index < -0.39 is 0 Å². The third-order valence-corrected chi connectivity index (χ3v) is 6.03. The van der Waals surface area contributed by atoms with Gasteiger partial charge in [-0.3, -0.25) is 4.98 Å². The van der Waals surface area contributed by atoms with Gasteiger partial charge in [-0.15, -0.1) is 0 Å². The van der Waals surface area contributed by atoms with Crippen LogP contribution in [-0.2, 0) is 0 Å². The van der Waals surface area contributed by atoms with Gasteiger partial charge < -0.3 is 29.0 Å². The summed E-state index contributed by atoms with van der Waals surface area (Å²) in [5.41, 5.74) is 2.30. The Labute approximate surface area is 197 Å². The molecule has 1 aliphatic heterocycles. The summed E-state index contributed by atoms with van der Waals surface area (Å²) in [7, 11) is 4.76. The summed E-state index contributed by atoms with van der Waals surface area (Å²) in [6.07, 6.45) is 7.59. The molecule has 0 radical (unpaired) electrons. The summed E-state index contributed by atoms with van der Waals surface area (Å²) >= 11 is 0. The zero-order valence-electron chi connectivity index (χ0n) is 19.6. The number of imidazole rings is 1. The number of benzene rings is 1. The van der Waals surface area contributed by atoms with Crippen LogP contribution in [0.25, 0.3) is 16.7 Å². The number of nitrogens with one attached hydrogen (secondary N) is 1. The number of hydrogen-bond acceptors (Lipinski definition) is 9. The zero-order valence-corrected chi connectivity index (χ0v) is 19.6. The standard InChI is InChI=1S/C24H27N7O3/c1-15-7-6-10-31(15)24-27-17-8-5-9-25-21(17)23(29-24)28-20-13-30(14-26-20)16-11-18(32-2)22(34-4)19(12-16)33-3/h5,8-9,11-15H,6-7,10H2,1-4H3,(H,27,28,29)/t15-/m1/s1. The molecule has 4 aromatic rings. The molecule has 10 heteroatoms. The van der Waals surface area contributed by atoms with Gasteiger partial charge in [0.25, 0.3) is 0 Å². The quantitative estimate of drug-likeness (QED) is 0.438. The Morgan fingerprint density at radius 1 is 1.03 bits per heavy atom. The lowest BCUT2D eigenvalue weighted by Crippen LogP contribution is -2.28. The number of fused-ring (bicyclic) bond motifs is 1. The Hall–Kier alpha value is -4.08. The van der Waals surface area contributed by atoms with E-state index in [1.807, 2.05) is 35.0 Å². The Morgan fingerprint density at radius 3 is 2.50 bits per heavy atom. The van der Waals surface area contributed by atoms with E-state index in [2.05, 4.69) is 27.1 Å². The van der Waals surface area contributed by atoms with Crippen LogP contribution in [0.3, 0.4) is 0 Å². The molecule has 1 aromatic carbocycles. The van der Waals surface area contributed by atoms with Crippen molar-refractivity contribution in [2.75, 3.05) is 38.1 Å². The predicted octanol–water partition coefficient (Wildman–Crippen LogP) is 3.97. The van der Waals surface area contributed by atoms with Crippen LogP contribution in [0, 0.1) is 0 Å². The number of pyridine rings is 1. The first-order chi connectivity index (χ1) is 16.6. The summed E-state index contributed by atoms with van der Waals surface area (Å²) in [4.78, 5) is 20.9. The van der Waals surface area contributed by atoms with Gasteiger partial charge in [0.15, 0.2) is 17.3 Å². The Morgan fingerprint density at radius 2 is 1.82 bits per heavy atom. The Balaban J connectivity index is 1.50. The third-order valence-electron chi connectivity index (χ3n) is 6.03. The maximum absolute atomic E-state index is 5.48. The van der Waals surface area contributed by atoms with Crippen molar-refractivity contribution in [2.24, 2.45) is 0 Å². The largest absolute Gasteiger partial charge is 0.493 e. The SMILES string of the molecule is COc1cc(-n2cnc(Nc3nc(N4CCC[C@H]4C)nc4cccnc34)c2)cc(OC)c1OC. The van der Waals surface area contributed by atoms with Crippen molar-refractivity contribution >= 4 is 28.6 Å². The minimum absolute atomic E-state index is 0.404. The van der Waals surface area contributed by atoms with Crippen molar-refractivity contribution in [3.8, 4) is 22.9 Å². The second kappa shape index (κ2) is 9.05. The second-order valence-electron chi connectivity index (χ2n) is 8.10. The van der Waals surface area contributed by atoms with Crippen molar-refractivity contribution in [3.63, 3.8) is 0 Å². The zero-order chi connectivity index (χ0) is 23.7. The van der Waals surface area contributed by atoms with Crippen LogP contribution in [0.4, 0.5) is 17.6 Å². The first-order valence-electron chi connectivity index (χ1n) is 11.1. The van der Waals surface area contributed by atoms with Gasteiger partial charge in [-0.1, -0.05) is 0 Å². The fraction of sp³-hybridized carbons (Fsp3) is 0.333. The molecule has 176 valence electrons. The van der Waals surface area contributed by atoms with Crippen molar-refractivity contribution in [2.45, 2.75) is 25.8 Å². The van der Waals surface area contributed by atoms with Crippen LogP contribution in [0.15, 0.2) is 43.0 Å². The predicted molar refractivity (Wildman–Crippen MR) is 130 cm³/mol. The van der Waals surface area contributed by atoms with E-state index in [-0.39, 0.29) is 0 Å². The van der Waals surface area contributed by atoms with Gasteiger partial charge in [0.1, 0.15) is 17.7 Å². The highest BCUT2D eigenvalue weighted by molar-refractivity contribution is 5.87. The maximum Gasteiger partial charge on any atom is 0.228 e. The lowest BCUT2D eigenvalue weighted by Gasteiger charge is -2.22. The van der Waals surface area contributed by atoms with Gasteiger partial charge in [0.05, 0.1) is 38.7 Å². The normalized spacial score (nSPS) is 15.5. The molecule has 0 bridgehead atoms. The molecule has 0 saturated carbocycles. The summed E-state index contributed by atoms with van der Waals surface area (Å²) in [5, 5.41) is 3.34. The van der Waals surface area contributed by atoms with Crippen molar-refractivity contribution in [1.82, 2.24) is 24.5 Å². The molecule has 10 nitrogen and oxygen atoms in total. The molecule has 34 heavy (non-hydrogen) atoms. The van der Waals surface area contributed by atoms with E-state index >= 15 is 0 Å². The second-order valence-corrected chi connectivity index (χ2v) is 8.10. The highest BCUT2D eigenvalue weighted by Crippen LogP contribution is 2.39. The van der Waals surface area contributed by atoms with E-state index in [1.54, 1.807) is 33.9 Å². The lowest BCUT2D eigenvalue weighted by atomic mass is 10.2. The fourth-order valence-electron chi connectivity index (χ4n) is 4.27. The minimum Gasteiger partial charge on any atom is -0.493 e. The molecule has 4 heterocycles. The van der Waals surface area contributed by atoms with Crippen molar-refractivity contribution in [3.05, 3.63) is 43.0 Å². The Bertz CT molecular complexity index is 1300. The van der Waals surface area contributed by atoms with E-state index in [0.717, 1.165) is 30.6 Å². The highest BCUT2D eigenvalue weighted by Gasteiger charge is 2.24. The number of methoxy groups -OCH3 is 3. The summed E-state index contributed by atoms with van der Waals surface area (Å²) in [6.45, 7) is 3.15. The van der Waals surface area contributed by atoms with E-state index in [0.29, 0.717) is 46.4 Å². The molecule has 5 rings (SSSR count). The van der Waals surface area contributed by atoms with Gasteiger partial charge >= 0.3 is 0 Å². The lowest BCUT2D eigenvalue weighted by molar-refractivity contribution is 0.324. The van der Waals surface area contributed by atoms with Crippen molar-refractivity contribution in [1.29, 1.82) is 0 Å². The summed E-state index contributed by atoms with van der Waals surface area (Å²) < 4.78 is 18.2. The summed E-state index contributed by atoms with van der Waals surface area (Å²) in [5.74, 6) is 3.62. The molecule has 1 N–H and O–H groups in total. The Kier molecular flexibility index (Phi) is 5.79. The van der Waals surface area contributed by atoms with E-state index in [1.165, 1.54) is 0 Å². The van der Waals surface area contributed by atoms with Crippen LogP contribution < -0.4 is 24.4 Å². The first kappa shape index (κ1) is 21.7. The fourth-order valence-corrected chi connectivity index (χ4v) is 4.27. The molecule has 1 aliphatic rings. The monoisotopic (exact) mass is 461 g/mol. The minimum atomic E-state index is 0.404. The molecular weight excluding hydrogens is 434 g/mol. The van der Waals surface area contributed by atoms with Crippen molar-refractivity contribution < 1.29 is 14.2 Å². The molecule has 0 amide bonds. The van der Waals surface area contributed by atoms with E-state index in [9.17, 15) is 0 Å². The summed E-state index contributed by atoms with van der Waals surface area (Å²) in [6, 6.07) is 7.97. The average molecular weight is 462 g/mol. The van der Waals surface area contributed by atoms with Crippen LogP contribution in [0.5, 0.6) is 17.2 Å². The number of ether oxygens (including phenoxy) is 3. The third kappa shape index (κ3) is 3.91. The molecule has 1 saturated heterocycles. The topological polar surface area (TPSA) is 99.5 Å².